The van der Waals surface area contributed by atoms with Gasteiger partial charge in [0.25, 0.3) is 0 Å². The monoisotopic (exact) mass is 474 g/mol. The molecule has 3 aromatic carbocycles. The lowest BCUT2D eigenvalue weighted by molar-refractivity contribution is 0.0536. The zero-order valence-electron chi connectivity index (χ0n) is 20.8. The van der Waals surface area contributed by atoms with E-state index in [1.54, 1.807) is 18.2 Å². The number of ether oxygens (including phenoxy) is 1. The van der Waals surface area contributed by atoms with Crippen molar-refractivity contribution in [2.45, 2.75) is 57.5 Å². The second-order valence-electron chi connectivity index (χ2n) is 10.8. The Morgan fingerprint density at radius 3 is 2.09 bits per heavy atom. The van der Waals surface area contributed by atoms with Gasteiger partial charge in [0.2, 0.25) is 0 Å². The van der Waals surface area contributed by atoms with Crippen molar-refractivity contribution in [2.75, 3.05) is 13.2 Å². The van der Waals surface area contributed by atoms with Gasteiger partial charge in [0.1, 0.15) is 18.5 Å². The van der Waals surface area contributed by atoms with Crippen molar-refractivity contribution in [3.05, 3.63) is 77.4 Å². The lowest BCUT2D eigenvalue weighted by Gasteiger charge is -2.42. The Bertz CT molecular complexity index is 1220. The van der Waals surface area contributed by atoms with E-state index in [1.165, 1.54) is 11.1 Å². The van der Waals surface area contributed by atoms with Crippen molar-refractivity contribution in [3.8, 4) is 28.0 Å². The third-order valence-corrected chi connectivity index (χ3v) is 7.25. The van der Waals surface area contributed by atoms with E-state index in [4.69, 9.17) is 9.84 Å². The van der Waals surface area contributed by atoms with Crippen LogP contribution in [-0.2, 0) is 10.8 Å². The standard InChI is InChI=1S/C30H34O5/c1-29(2)13-14-30(3,4)27-16-21(8-12-26(27)29)25-15-20(7-11-24(25)28(33)34)19-5-9-23(10-6-19)35-18-22(32)17-31/h5-12,15-16,22,31-32H,13-14,17-18H2,1-4H3,(H,33,34). The summed E-state index contributed by atoms with van der Waals surface area (Å²) < 4.78 is 5.49. The number of carbonyl (C=O) groups is 1. The average Bonchev–Trinajstić information content (AvgIpc) is 2.85. The fourth-order valence-corrected chi connectivity index (χ4v) is 4.89. The van der Waals surface area contributed by atoms with Gasteiger partial charge in [-0.25, -0.2) is 4.79 Å². The molecule has 0 amide bonds. The number of carboxylic acid groups (broad SMARTS) is 1. The Morgan fingerprint density at radius 2 is 1.46 bits per heavy atom. The number of aliphatic hydroxyl groups excluding tert-OH is 2. The predicted molar refractivity (Wildman–Crippen MR) is 138 cm³/mol. The first kappa shape index (κ1) is 25.0. The molecule has 0 saturated carbocycles. The van der Waals surface area contributed by atoms with Crippen molar-refractivity contribution >= 4 is 5.97 Å². The van der Waals surface area contributed by atoms with E-state index in [0.717, 1.165) is 29.5 Å². The fraction of sp³-hybridized carbons (Fsp3) is 0.367. The van der Waals surface area contributed by atoms with E-state index in [2.05, 4.69) is 45.9 Å². The van der Waals surface area contributed by atoms with Crippen LogP contribution in [0.25, 0.3) is 22.3 Å². The van der Waals surface area contributed by atoms with Crippen LogP contribution in [0.1, 0.15) is 62.0 Å². The molecular formula is C30H34O5. The van der Waals surface area contributed by atoms with Gasteiger partial charge in [0, 0.05) is 0 Å². The third-order valence-electron chi connectivity index (χ3n) is 7.25. The second kappa shape index (κ2) is 9.48. The van der Waals surface area contributed by atoms with Gasteiger partial charge in [-0.3, -0.25) is 0 Å². The van der Waals surface area contributed by atoms with Crippen molar-refractivity contribution in [1.29, 1.82) is 0 Å². The first-order valence-corrected chi connectivity index (χ1v) is 12.1. The highest BCUT2D eigenvalue weighted by Crippen LogP contribution is 2.47. The van der Waals surface area contributed by atoms with Gasteiger partial charge in [-0.05, 0) is 81.3 Å². The number of aromatic carboxylic acids is 1. The lowest BCUT2D eigenvalue weighted by Crippen LogP contribution is -2.33. The molecule has 1 aliphatic rings. The summed E-state index contributed by atoms with van der Waals surface area (Å²) in [6.45, 7) is 8.75. The maximum absolute atomic E-state index is 12.1. The summed E-state index contributed by atoms with van der Waals surface area (Å²) in [5, 5.41) is 28.3. The van der Waals surface area contributed by atoms with E-state index in [0.29, 0.717) is 11.3 Å². The zero-order valence-corrected chi connectivity index (χ0v) is 20.8. The number of rotatable bonds is 7. The van der Waals surface area contributed by atoms with Crippen LogP contribution in [0, 0.1) is 0 Å². The Labute approximate surface area is 207 Å². The highest BCUT2D eigenvalue weighted by atomic mass is 16.5. The maximum atomic E-state index is 12.1. The SMILES string of the molecule is CC1(C)CCC(C)(C)c2cc(-c3cc(-c4ccc(OCC(O)CO)cc4)ccc3C(=O)O)ccc21. The highest BCUT2D eigenvalue weighted by molar-refractivity contribution is 5.97. The summed E-state index contributed by atoms with van der Waals surface area (Å²) in [6.07, 6.45) is 1.29. The fourth-order valence-electron chi connectivity index (χ4n) is 4.89. The third kappa shape index (κ3) is 5.12. The normalized spacial score (nSPS) is 16.9. The molecule has 3 aromatic rings. The number of fused-ring (bicyclic) bond motifs is 1. The van der Waals surface area contributed by atoms with Crippen LogP contribution in [0.2, 0.25) is 0 Å². The number of aliphatic hydroxyl groups is 2. The molecule has 0 saturated heterocycles. The van der Waals surface area contributed by atoms with Crippen molar-refractivity contribution in [3.63, 3.8) is 0 Å². The molecule has 0 aliphatic heterocycles. The molecule has 0 aromatic heterocycles. The molecule has 0 spiro atoms. The summed E-state index contributed by atoms with van der Waals surface area (Å²) in [5.74, 6) is -0.363. The molecule has 1 aliphatic carbocycles. The minimum Gasteiger partial charge on any atom is -0.491 e. The molecule has 0 heterocycles. The summed E-state index contributed by atoms with van der Waals surface area (Å²) in [7, 11) is 0. The van der Waals surface area contributed by atoms with Crippen molar-refractivity contribution < 1.29 is 24.9 Å². The Hall–Kier alpha value is -3.15. The van der Waals surface area contributed by atoms with Crippen LogP contribution in [0.4, 0.5) is 0 Å². The molecule has 35 heavy (non-hydrogen) atoms. The van der Waals surface area contributed by atoms with Crippen LogP contribution in [0.15, 0.2) is 60.7 Å². The molecule has 0 radical (unpaired) electrons. The first-order valence-electron chi connectivity index (χ1n) is 12.1. The van der Waals surface area contributed by atoms with E-state index in [1.807, 2.05) is 24.3 Å². The lowest BCUT2D eigenvalue weighted by atomic mass is 9.63. The summed E-state index contributed by atoms with van der Waals surface area (Å²) >= 11 is 0. The van der Waals surface area contributed by atoms with Gasteiger partial charge < -0.3 is 20.1 Å². The number of hydrogen-bond donors (Lipinski definition) is 3. The van der Waals surface area contributed by atoms with Gasteiger partial charge >= 0.3 is 5.97 Å². The minimum atomic E-state index is -0.949. The Balaban J connectivity index is 1.73. The van der Waals surface area contributed by atoms with E-state index < -0.39 is 12.1 Å². The van der Waals surface area contributed by atoms with Gasteiger partial charge in [-0.2, -0.15) is 0 Å². The van der Waals surface area contributed by atoms with Gasteiger partial charge in [-0.1, -0.05) is 64.1 Å². The molecular weight excluding hydrogens is 440 g/mol. The second-order valence-corrected chi connectivity index (χ2v) is 10.8. The summed E-state index contributed by atoms with van der Waals surface area (Å²) in [4.78, 5) is 12.1. The van der Waals surface area contributed by atoms with Crippen LogP contribution < -0.4 is 4.74 Å². The quantitative estimate of drug-likeness (QED) is 0.403. The molecule has 3 N–H and O–H groups in total. The van der Waals surface area contributed by atoms with Crippen LogP contribution in [0.5, 0.6) is 5.75 Å². The molecule has 1 unspecified atom stereocenters. The van der Waals surface area contributed by atoms with Crippen molar-refractivity contribution in [2.24, 2.45) is 0 Å². The molecule has 4 rings (SSSR count). The maximum Gasteiger partial charge on any atom is 0.336 e. The number of carboxylic acids is 1. The Kier molecular flexibility index (Phi) is 6.76. The van der Waals surface area contributed by atoms with Crippen LogP contribution >= 0.6 is 0 Å². The minimum absolute atomic E-state index is 0.0127. The summed E-state index contributed by atoms with van der Waals surface area (Å²) in [5.41, 5.74) is 6.47. The van der Waals surface area contributed by atoms with Gasteiger partial charge in [0.15, 0.2) is 0 Å². The van der Waals surface area contributed by atoms with Gasteiger partial charge in [-0.15, -0.1) is 0 Å². The number of hydrogen-bond acceptors (Lipinski definition) is 4. The van der Waals surface area contributed by atoms with Crippen molar-refractivity contribution in [1.82, 2.24) is 0 Å². The molecule has 1 atom stereocenters. The first-order chi connectivity index (χ1) is 16.5. The van der Waals surface area contributed by atoms with E-state index >= 15 is 0 Å². The Morgan fingerprint density at radius 1 is 0.857 bits per heavy atom. The molecule has 0 fully saturated rings. The smallest absolute Gasteiger partial charge is 0.336 e. The van der Waals surface area contributed by atoms with E-state index in [-0.39, 0.29) is 29.6 Å². The predicted octanol–water partition coefficient (Wildman–Crippen LogP) is 5.80. The molecule has 5 nitrogen and oxygen atoms in total. The highest BCUT2D eigenvalue weighted by Gasteiger charge is 2.37. The summed E-state index contributed by atoms with van der Waals surface area (Å²) in [6, 6.07) is 19.3. The number of benzene rings is 3. The zero-order chi connectivity index (χ0) is 25.4. The molecule has 0 bridgehead atoms. The van der Waals surface area contributed by atoms with Gasteiger partial charge in [0.05, 0.1) is 12.2 Å². The largest absolute Gasteiger partial charge is 0.491 e. The average molecular weight is 475 g/mol. The van der Waals surface area contributed by atoms with Crippen LogP contribution in [-0.4, -0.2) is 40.6 Å². The van der Waals surface area contributed by atoms with Crippen LogP contribution in [0.3, 0.4) is 0 Å². The molecule has 184 valence electrons. The van der Waals surface area contributed by atoms with E-state index in [9.17, 15) is 15.0 Å². The topological polar surface area (TPSA) is 87.0 Å². The molecule has 5 heteroatoms.